The minimum atomic E-state index is -1.59. The van der Waals surface area contributed by atoms with Crippen molar-refractivity contribution in [1.82, 2.24) is 5.43 Å². The van der Waals surface area contributed by atoms with Gasteiger partial charge < -0.3 is 4.74 Å². The maximum absolute atomic E-state index is 12.6. The van der Waals surface area contributed by atoms with Gasteiger partial charge in [-0.1, -0.05) is 6.92 Å². The monoisotopic (exact) mass is 268 g/mol. The fourth-order valence-electron chi connectivity index (χ4n) is 2.49. The van der Waals surface area contributed by atoms with Crippen molar-refractivity contribution < 1.29 is 19.1 Å². The summed E-state index contributed by atoms with van der Waals surface area (Å²) in [6.45, 7) is 3.52. The van der Waals surface area contributed by atoms with Gasteiger partial charge in [-0.2, -0.15) is 0 Å². The summed E-state index contributed by atoms with van der Waals surface area (Å²) in [6, 6.07) is 0. The number of hydrogen-bond donors (Lipinski definition) is 2. The van der Waals surface area contributed by atoms with Crippen LogP contribution in [0.4, 0.5) is 0 Å². The van der Waals surface area contributed by atoms with Crippen LogP contribution in [0.15, 0.2) is 0 Å². The second kappa shape index (κ2) is 4.68. The van der Waals surface area contributed by atoms with Gasteiger partial charge in [-0.05, 0) is 38.5 Å². The molecule has 2 aliphatic rings. The number of esters is 1. The Morgan fingerprint density at radius 1 is 1.37 bits per heavy atom. The van der Waals surface area contributed by atoms with Crippen molar-refractivity contribution in [2.24, 2.45) is 17.2 Å². The molecule has 2 saturated carbocycles. The number of rotatable bonds is 7. The van der Waals surface area contributed by atoms with Gasteiger partial charge in [0.2, 0.25) is 0 Å². The average Bonchev–Trinajstić information content (AvgIpc) is 3.27. The Labute approximate surface area is 112 Å². The third-order valence-corrected chi connectivity index (χ3v) is 4.14. The van der Waals surface area contributed by atoms with Gasteiger partial charge in [0.25, 0.3) is 5.78 Å². The molecule has 0 spiro atoms. The smallest absolute Gasteiger partial charge is 0.377 e. The predicted molar refractivity (Wildman–Crippen MR) is 66.8 cm³/mol. The first kappa shape index (κ1) is 14.1. The van der Waals surface area contributed by atoms with Crippen LogP contribution in [0, 0.1) is 11.3 Å². The zero-order valence-corrected chi connectivity index (χ0v) is 11.3. The molecule has 2 aliphatic carbocycles. The van der Waals surface area contributed by atoms with Gasteiger partial charge in [-0.15, -0.1) is 0 Å². The molecule has 0 saturated heterocycles. The summed E-state index contributed by atoms with van der Waals surface area (Å²) in [6.07, 6.45) is 2.91. The number of hydrazine groups is 1. The Morgan fingerprint density at radius 3 is 2.32 bits per heavy atom. The Hall–Kier alpha value is -1.27. The SMILES string of the molecule is CCOC(=O)C(=O)C(NN)(C(=O)C1(C)CC1)C1CC1. The quantitative estimate of drug-likeness (QED) is 0.223. The van der Waals surface area contributed by atoms with Gasteiger partial charge in [0.15, 0.2) is 11.3 Å². The Bertz CT molecular complexity index is 426. The van der Waals surface area contributed by atoms with Crippen molar-refractivity contribution in [3.63, 3.8) is 0 Å². The molecule has 0 aromatic carbocycles. The maximum Gasteiger partial charge on any atom is 0.377 e. The third kappa shape index (κ3) is 2.19. The number of Topliss-reactive ketones (excluding diaryl/α,β-unsaturated/α-hetero) is 2. The molecule has 106 valence electrons. The average molecular weight is 268 g/mol. The highest BCUT2D eigenvalue weighted by Crippen LogP contribution is 2.52. The molecule has 2 rings (SSSR count). The lowest BCUT2D eigenvalue weighted by Gasteiger charge is -2.31. The van der Waals surface area contributed by atoms with E-state index in [-0.39, 0.29) is 18.3 Å². The van der Waals surface area contributed by atoms with Gasteiger partial charge in [0, 0.05) is 5.41 Å². The minimum absolute atomic E-state index is 0.0986. The molecule has 0 aromatic rings. The summed E-state index contributed by atoms with van der Waals surface area (Å²) in [7, 11) is 0. The molecule has 3 N–H and O–H groups in total. The first-order valence-corrected chi connectivity index (χ1v) is 6.66. The van der Waals surface area contributed by atoms with Crippen LogP contribution in [0.3, 0.4) is 0 Å². The van der Waals surface area contributed by atoms with E-state index in [4.69, 9.17) is 10.6 Å². The molecule has 0 aliphatic heterocycles. The van der Waals surface area contributed by atoms with Crippen molar-refractivity contribution in [2.75, 3.05) is 6.61 Å². The summed E-state index contributed by atoms with van der Waals surface area (Å²) in [5.74, 6) is 3.22. The Morgan fingerprint density at radius 2 is 1.95 bits per heavy atom. The van der Waals surface area contributed by atoms with Crippen molar-refractivity contribution in [3.05, 3.63) is 0 Å². The van der Waals surface area contributed by atoms with E-state index in [2.05, 4.69) is 5.43 Å². The predicted octanol–water partition coefficient (Wildman–Crippen LogP) is 0.0999. The van der Waals surface area contributed by atoms with Crippen LogP contribution in [-0.4, -0.2) is 29.7 Å². The molecule has 0 heterocycles. The van der Waals surface area contributed by atoms with Gasteiger partial charge in [0.05, 0.1) is 6.61 Å². The second-order valence-corrected chi connectivity index (χ2v) is 5.67. The number of carbonyl (C=O) groups is 3. The Balaban J connectivity index is 2.31. The molecule has 2 fully saturated rings. The first-order valence-electron chi connectivity index (χ1n) is 6.66. The molecule has 19 heavy (non-hydrogen) atoms. The fraction of sp³-hybridized carbons (Fsp3) is 0.769. The van der Waals surface area contributed by atoms with Gasteiger partial charge in [-0.3, -0.25) is 15.4 Å². The van der Waals surface area contributed by atoms with E-state index in [1.807, 2.05) is 6.92 Å². The van der Waals surface area contributed by atoms with Crippen LogP contribution in [0.25, 0.3) is 0 Å². The normalized spacial score (nSPS) is 23.3. The zero-order valence-electron chi connectivity index (χ0n) is 11.3. The summed E-state index contributed by atoms with van der Waals surface area (Å²) >= 11 is 0. The number of ether oxygens (including phenoxy) is 1. The number of hydrogen-bond acceptors (Lipinski definition) is 6. The van der Waals surface area contributed by atoms with Crippen LogP contribution < -0.4 is 11.3 Å². The topological polar surface area (TPSA) is 98.5 Å². The first-order chi connectivity index (χ1) is 8.92. The highest BCUT2D eigenvalue weighted by molar-refractivity contribution is 6.43. The van der Waals surface area contributed by atoms with Gasteiger partial charge >= 0.3 is 5.97 Å². The van der Waals surface area contributed by atoms with E-state index in [9.17, 15) is 14.4 Å². The summed E-state index contributed by atoms with van der Waals surface area (Å²) in [5, 5.41) is 0. The Kier molecular flexibility index (Phi) is 3.49. The molecule has 0 aromatic heterocycles. The van der Waals surface area contributed by atoms with Crippen LogP contribution in [0.5, 0.6) is 0 Å². The van der Waals surface area contributed by atoms with Crippen molar-refractivity contribution in [3.8, 4) is 0 Å². The number of nitrogens with one attached hydrogen (secondary N) is 1. The fourth-order valence-corrected chi connectivity index (χ4v) is 2.49. The molecular formula is C13H20N2O4. The molecular weight excluding hydrogens is 248 g/mol. The third-order valence-electron chi connectivity index (χ3n) is 4.14. The van der Waals surface area contributed by atoms with E-state index in [0.717, 1.165) is 25.7 Å². The lowest BCUT2D eigenvalue weighted by molar-refractivity contribution is -0.160. The summed E-state index contributed by atoms with van der Waals surface area (Å²) < 4.78 is 4.74. The lowest BCUT2D eigenvalue weighted by Crippen LogP contribution is -2.66. The minimum Gasteiger partial charge on any atom is -0.460 e. The molecule has 1 atom stereocenters. The van der Waals surface area contributed by atoms with E-state index >= 15 is 0 Å². The molecule has 6 nitrogen and oxygen atoms in total. The maximum atomic E-state index is 12.6. The molecule has 0 radical (unpaired) electrons. The lowest BCUT2D eigenvalue weighted by atomic mass is 9.77. The summed E-state index contributed by atoms with van der Waals surface area (Å²) in [4.78, 5) is 36.7. The molecule has 1 unspecified atom stereocenters. The summed E-state index contributed by atoms with van der Waals surface area (Å²) in [5.41, 5.74) is 0.247. The van der Waals surface area contributed by atoms with E-state index in [0.29, 0.717) is 0 Å². The highest BCUT2D eigenvalue weighted by Gasteiger charge is 2.64. The number of ketones is 2. The zero-order chi connectivity index (χ0) is 14.3. The molecule has 6 heteroatoms. The van der Waals surface area contributed by atoms with Crippen LogP contribution in [-0.2, 0) is 19.1 Å². The largest absolute Gasteiger partial charge is 0.460 e. The van der Waals surface area contributed by atoms with Crippen molar-refractivity contribution in [1.29, 1.82) is 0 Å². The standard InChI is InChI=1S/C13H20N2O4/c1-3-19-10(17)9(16)13(15-14,8-4-5-8)11(18)12(2)6-7-12/h8,15H,3-7,14H2,1-2H3. The highest BCUT2D eigenvalue weighted by atomic mass is 16.5. The van der Waals surface area contributed by atoms with Crippen LogP contribution >= 0.6 is 0 Å². The van der Waals surface area contributed by atoms with Crippen LogP contribution in [0.1, 0.15) is 39.5 Å². The van der Waals surface area contributed by atoms with E-state index < -0.39 is 22.7 Å². The van der Waals surface area contributed by atoms with Crippen LogP contribution in [0.2, 0.25) is 0 Å². The van der Waals surface area contributed by atoms with E-state index in [1.165, 1.54) is 0 Å². The number of nitrogens with two attached hydrogens (primary N) is 1. The van der Waals surface area contributed by atoms with E-state index in [1.54, 1.807) is 6.92 Å². The van der Waals surface area contributed by atoms with Gasteiger partial charge in [-0.25, -0.2) is 10.2 Å². The number of carbonyl (C=O) groups excluding carboxylic acids is 3. The van der Waals surface area contributed by atoms with Crippen molar-refractivity contribution >= 4 is 17.5 Å². The molecule has 0 bridgehead atoms. The van der Waals surface area contributed by atoms with Crippen molar-refractivity contribution in [2.45, 2.75) is 45.1 Å². The second-order valence-electron chi connectivity index (χ2n) is 5.67. The van der Waals surface area contributed by atoms with Gasteiger partial charge in [0.1, 0.15) is 0 Å². The molecule has 0 amide bonds.